The molecular weight excluding hydrogens is 338 g/mol. The lowest BCUT2D eigenvalue weighted by molar-refractivity contribution is 0.102. The Morgan fingerprint density at radius 3 is 2.50 bits per heavy atom. The lowest BCUT2D eigenvalue weighted by Crippen LogP contribution is -2.15. The van der Waals surface area contributed by atoms with Gasteiger partial charge in [-0.05, 0) is 37.6 Å². The molecule has 0 unspecified atom stereocenters. The Balaban J connectivity index is 1.77. The van der Waals surface area contributed by atoms with Crippen molar-refractivity contribution < 1.29 is 13.6 Å². The monoisotopic (exact) mass is 354 g/mol. The normalized spacial score (nSPS) is 10.5. The summed E-state index contributed by atoms with van der Waals surface area (Å²) in [5, 5.41) is 5.61. The summed E-state index contributed by atoms with van der Waals surface area (Å²) in [7, 11) is 0. The number of nitrogens with zero attached hydrogens (tertiary/aromatic N) is 2. The van der Waals surface area contributed by atoms with Crippen molar-refractivity contribution >= 4 is 23.1 Å². The molecular formula is C19H16F2N4O. The third kappa shape index (κ3) is 4.00. The Hall–Kier alpha value is -3.35. The van der Waals surface area contributed by atoms with Crippen LogP contribution in [0.5, 0.6) is 0 Å². The van der Waals surface area contributed by atoms with Gasteiger partial charge in [0.25, 0.3) is 5.91 Å². The van der Waals surface area contributed by atoms with Crippen LogP contribution in [0.15, 0.2) is 48.8 Å². The second kappa shape index (κ2) is 7.26. The molecule has 3 aromatic rings. The first-order valence-corrected chi connectivity index (χ1v) is 7.85. The van der Waals surface area contributed by atoms with E-state index in [0.29, 0.717) is 11.4 Å². The van der Waals surface area contributed by atoms with Crippen molar-refractivity contribution in [1.29, 1.82) is 0 Å². The van der Waals surface area contributed by atoms with E-state index in [2.05, 4.69) is 20.6 Å². The largest absolute Gasteiger partial charge is 0.340 e. The summed E-state index contributed by atoms with van der Waals surface area (Å²) >= 11 is 0. The predicted molar refractivity (Wildman–Crippen MR) is 95.5 cm³/mol. The molecule has 0 radical (unpaired) electrons. The first kappa shape index (κ1) is 17.5. The molecule has 0 aliphatic rings. The van der Waals surface area contributed by atoms with Crippen molar-refractivity contribution in [2.75, 3.05) is 10.6 Å². The average molecular weight is 354 g/mol. The Labute approximate surface area is 149 Å². The summed E-state index contributed by atoms with van der Waals surface area (Å²) in [5.74, 6) is -2.02. The number of carbonyl (C=O) groups is 1. The van der Waals surface area contributed by atoms with E-state index in [0.717, 1.165) is 23.3 Å². The summed E-state index contributed by atoms with van der Waals surface area (Å²) in [4.78, 5) is 20.4. The van der Waals surface area contributed by atoms with Crippen LogP contribution in [0, 0.1) is 25.5 Å². The summed E-state index contributed by atoms with van der Waals surface area (Å²) in [6, 6.07) is 10.5. The van der Waals surface area contributed by atoms with Crippen molar-refractivity contribution in [1.82, 2.24) is 9.97 Å². The third-order valence-electron chi connectivity index (χ3n) is 3.72. The third-order valence-corrected chi connectivity index (χ3v) is 3.72. The molecule has 2 aromatic carbocycles. The molecule has 0 saturated heterocycles. The number of aromatic nitrogens is 2. The van der Waals surface area contributed by atoms with Crippen molar-refractivity contribution in [3.8, 4) is 0 Å². The molecule has 1 aromatic heterocycles. The number of halogens is 2. The van der Waals surface area contributed by atoms with Crippen LogP contribution in [0.1, 0.15) is 21.6 Å². The number of benzene rings is 2. The molecule has 2 N–H and O–H groups in total. The van der Waals surface area contributed by atoms with E-state index in [1.165, 1.54) is 18.5 Å². The number of amides is 1. The van der Waals surface area contributed by atoms with Gasteiger partial charge in [0.2, 0.25) is 0 Å². The number of hydrogen-bond acceptors (Lipinski definition) is 4. The molecule has 1 amide bonds. The fourth-order valence-electron chi connectivity index (χ4n) is 2.41. The van der Waals surface area contributed by atoms with E-state index < -0.39 is 17.5 Å². The Morgan fingerprint density at radius 1 is 0.962 bits per heavy atom. The molecule has 3 rings (SSSR count). The molecule has 0 aliphatic carbocycles. The molecule has 5 nitrogen and oxygen atoms in total. The van der Waals surface area contributed by atoms with E-state index in [1.54, 1.807) is 0 Å². The van der Waals surface area contributed by atoms with Gasteiger partial charge in [-0.2, -0.15) is 0 Å². The van der Waals surface area contributed by atoms with Gasteiger partial charge in [0, 0.05) is 23.5 Å². The highest BCUT2D eigenvalue weighted by molar-refractivity contribution is 6.03. The topological polar surface area (TPSA) is 66.9 Å². The molecule has 0 atom stereocenters. The standard InChI is InChI=1S/C19H16F2N4O/c1-11-3-6-16(12(2)7-11)25-19(26)17-9-18(23-10-22-17)24-13-4-5-14(20)15(21)8-13/h3-10H,1-2H3,(H,25,26)(H,22,23,24). The maximum Gasteiger partial charge on any atom is 0.274 e. The van der Waals surface area contributed by atoms with E-state index >= 15 is 0 Å². The van der Waals surface area contributed by atoms with Crippen LogP contribution in [0.2, 0.25) is 0 Å². The minimum Gasteiger partial charge on any atom is -0.340 e. The number of anilines is 3. The van der Waals surface area contributed by atoms with Gasteiger partial charge in [0.05, 0.1) is 0 Å². The van der Waals surface area contributed by atoms with Gasteiger partial charge in [0.15, 0.2) is 11.6 Å². The van der Waals surface area contributed by atoms with E-state index in [1.807, 2.05) is 32.0 Å². The predicted octanol–water partition coefficient (Wildman–Crippen LogP) is 4.37. The van der Waals surface area contributed by atoms with Crippen molar-refractivity contribution in [2.45, 2.75) is 13.8 Å². The minimum atomic E-state index is -0.975. The van der Waals surface area contributed by atoms with Gasteiger partial charge in [-0.25, -0.2) is 18.7 Å². The highest BCUT2D eigenvalue weighted by Gasteiger charge is 2.11. The van der Waals surface area contributed by atoms with Crippen LogP contribution in [0.3, 0.4) is 0 Å². The zero-order chi connectivity index (χ0) is 18.7. The zero-order valence-electron chi connectivity index (χ0n) is 14.2. The molecule has 0 spiro atoms. The van der Waals surface area contributed by atoms with E-state index in [4.69, 9.17) is 0 Å². The molecule has 0 fully saturated rings. The molecule has 26 heavy (non-hydrogen) atoms. The lowest BCUT2D eigenvalue weighted by Gasteiger charge is -2.10. The average Bonchev–Trinajstić information content (AvgIpc) is 2.61. The van der Waals surface area contributed by atoms with Crippen LogP contribution in [0.25, 0.3) is 0 Å². The number of nitrogens with one attached hydrogen (secondary N) is 2. The number of aryl methyl sites for hydroxylation is 2. The van der Waals surface area contributed by atoms with Gasteiger partial charge in [0.1, 0.15) is 17.8 Å². The molecule has 1 heterocycles. The number of rotatable bonds is 4. The maximum atomic E-state index is 13.3. The quantitative estimate of drug-likeness (QED) is 0.730. The van der Waals surface area contributed by atoms with Crippen LogP contribution < -0.4 is 10.6 Å². The second-order valence-electron chi connectivity index (χ2n) is 5.81. The molecule has 0 saturated carbocycles. The van der Waals surface area contributed by atoms with Crippen LogP contribution in [0.4, 0.5) is 26.0 Å². The lowest BCUT2D eigenvalue weighted by atomic mass is 10.1. The van der Waals surface area contributed by atoms with Gasteiger partial charge in [-0.1, -0.05) is 17.7 Å². The molecule has 0 aliphatic heterocycles. The number of hydrogen-bond donors (Lipinski definition) is 2. The van der Waals surface area contributed by atoms with Gasteiger partial charge >= 0.3 is 0 Å². The van der Waals surface area contributed by atoms with Gasteiger partial charge in [-0.3, -0.25) is 4.79 Å². The minimum absolute atomic E-state index is 0.144. The van der Waals surface area contributed by atoms with Crippen LogP contribution in [-0.4, -0.2) is 15.9 Å². The highest BCUT2D eigenvalue weighted by atomic mass is 19.2. The van der Waals surface area contributed by atoms with E-state index in [-0.39, 0.29) is 11.5 Å². The summed E-state index contributed by atoms with van der Waals surface area (Å²) in [5.41, 5.74) is 3.18. The fraction of sp³-hybridized carbons (Fsp3) is 0.105. The molecule has 132 valence electrons. The Bertz CT molecular complexity index is 976. The summed E-state index contributed by atoms with van der Waals surface area (Å²) < 4.78 is 26.3. The highest BCUT2D eigenvalue weighted by Crippen LogP contribution is 2.19. The number of carbonyl (C=O) groups excluding carboxylic acids is 1. The zero-order valence-corrected chi connectivity index (χ0v) is 14.2. The Kier molecular flexibility index (Phi) is 4.88. The van der Waals surface area contributed by atoms with Crippen LogP contribution in [-0.2, 0) is 0 Å². The van der Waals surface area contributed by atoms with E-state index in [9.17, 15) is 13.6 Å². The van der Waals surface area contributed by atoms with Crippen molar-refractivity contribution in [3.05, 3.63) is 77.2 Å². The fourth-order valence-corrected chi connectivity index (χ4v) is 2.41. The Morgan fingerprint density at radius 2 is 1.77 bits per heavy atom. The summed E-state index contributed by atoms with van der Waals surface area (Å²) in [6.07, 6.45) is 1.22. The van der Waals surface area contributed by atoms with Crippen molar-refractivity contribution in [2.24, 2.45) is 0 Å². The van der Waals surface area contributed by atoms with Crippen molar-refractivity contribution in [3.63, 3.8) is 0 Å². The maximum absolute atomic E-state index is 13.3. The van der Waals surface area contributed by atoms with Gasteiger partial charge < -0.3 is 10.6 Å². The SMILES string of the molecule is Cc1ccc(NC(=O)c2cc(Nc3ccc(F)c(F)c3)ncn2)c(C)c1. The molecule has 7 heteroatoms. The summed E-state index contributed by atoms with van der Waals surface area (Å²) in [6.45, 7) is 3.87. The van der Waals surface area contributed by atoms with Gasteiger partial charge in [-0.15, -0.1) is 0 Å². The first-order chi connectivity index (χ1) is 12.4. The smallest absolute Gasteiger partial charge is 0.274 e. The second-order valence-corrected chi connectivity index (χ2v) is 5.81. The first-order valence-electron chi connectivity index (χ1n) is 7.85. The molecule has 0 bridgehead atoms. The van der Waals surface area contributed by atoms with Crippen LogP contribution >= 0.6 is 0 Å².